The summed E-state index contributed by atoms with van der Waals surface area (Å²) >= 11 is 6.18. The van der Waals surface area contributed by atoms with Crippen molar-refractivity contribution in [2.75, 3.05) is 20.2 Å². The van der Waals surface area contributed by atoms with Gasteiger partial charge < -0.3 is 4.74 Å². The number of nitrogens with zero attached hydrogens (tertiary/aromatic N) is 5. The van der Waals surface area contributed by atoms with Crippen LogP contribution in [0.4, 0.5) is 0 Å². The number of benzene rings is 1. The number of aromatic nitrogens is 4. The normalized spacial score (nSPS) is 17.2. The summed E-state index contributed by atoms with van der Waals surface area (Å²) in [5.74, 6) is 0.958. The van der Waals surface area contributed by atoms with E-state index in [-0.39, 0.29) is 0 Å². The van der Waals surface area contributed by atoms with Crippen molar-refractivity contribution < 1.29 is 4.74 Å². The molecule has 1 aromatic carbocycles. The van der Waals surface area contributed by atoms with E-state index >= 15 is 0 Å². The quantitative estimate of drug-likeness (QED) is 0.451. The summed E-state index contributed by atoms with van der Waals surface area (Å²) in [5.41, 5.74) is 4.96. The van der Waals surface area contributed by atoms with Crippen molar-refractivity contribution in [3.63, 3.8) is 0 Å². The molecule has 1 aliphatic heterocycles. The van der Waals surface area contributed by atoms with Gasteiger partial charge in [-0.3, -0.25) is 4.90 Å². The molecule has 0 radical (unpaired) electrons. The van der Waals surface area contributed by atoms with Crippen LogP contribution in [-0.4, -0.2) is 44.7 Å². The first kappa shape index (κ1) is 20.0. The minimum atomic E-state index is 0.391. The Morgan fingerprint density at radius 3 is 2.90 bits per heavy atom. The van der Waals surface area contributed by atoms with Gasteiger partial charge in [-0.15, -0.1) is 0 Å². The Bertz CT molecular complexity index is 1210. The second-order valence-corrected chi connectivity index (χ2v) is 8.37. The van der Waals surface area contributed by atoms with Gasteiger partial charge in [0.1, 0.15) is 5.69 Å². The average molecular weight is 434 g/mol. The van der Waals surface area contributed by atoms with Crippen molar-refractivity contribution >= 4 is 17.2 Å². The molecule has 0 N–H and O–H groups in total. The Balaban J connectivity index is 1.43. The third-order valence-electron chi connectivity index (χ3n) is 5.85. The standard InChI is InChI=1S/C24H24ClN5O/c1-31-24-20(8-3-10-27-24)21-14-23-26-11-9-22(30(23)28-21)18-6-4-12-29(16-18)15-17-5-2-7-19(25)13-17/h2-3,5,7-11,13-14,18H,4,6,12,15-16H2,1H3. The summed E-state index contributed by atoms with van der Waals surface area (Å²) in [6, 6.07) is 16.1. The molecule has 7 heteroatoms. The highest BCUT2D eigenvalue weighted by atomic mass is 35.5. The summed E-state index contributed by atoms with van der Waals surface area (Å²) in [7, 11) is 1.63. The molecular weight excluding hydrogens is 410 g/mol. The second kappa shape index (κ2) is 8.65. The minimum absolute atomic E-state index is 0.391. The monoisotopic (exact) mass is 433 g/mol. The van der Waals surface area contributed by atoms with Crippen LogP contribution in [0.1, 0.15) is 30.0 Å². The lowest BCUT2D eigenvalue weighted by atomic mass is 9.94. The highest BCUT2D eigenvalue weighted by Crippen LogP contribution is 2.31. The predicted octanol–water partition coefficient (Wildman–Crippen LogP) is 4.83. The molecule has 1 fully saturated rings. The molecule has 4 aromatic rings. The van der Waals surface area contributed by atoms with Crippen molar-refractivity contribution in [2.45, 2.75) is 25.3 Å². The first-order valence-electron chi connectivity index (χ1n) is 10.5. The third kappa shape index (κ3) is 4.13. The number of ether oxygens (including phenoxy) is 1. The minimum Gasteiger partial charge on any atom is -0.481 e. The number of methoxy groups -OCH3 is 1. The van der Waals surface area contributed by atoms with E-state index < -0.39 is 0 Å². The molecule has 1 atom stereocenters. The molecule has 1 unspecified atom stereocenters. The largest absolute Gasteiger partial charge is 0.481 e. The number of fused-ring (bicyclic) bond motifs is 1. The van der Waals surface area contributed by atoms with Crippen LogP contribution in [0.3, 0.4) is 0 Å². The molecule has 5 rings (SSSR count). The van der Waals surface area contributed by atoms with E-state index in [9.17, 15) is 0 Å². The van der Waals surface area contributed by atoms with Gasteiger partial charge in [-0.25, -0.2) is 14.5 Å². The number of rotatable bonds is 5. The van der Waals surface area contributed by atoms with Crippen molar-refractivity contribution in [2.24, 2.45) is 0 Å². The second-order valence-electron chi connectivity index (χ2n) is 7.93. The summed E-state index contributed by atoms with van der Waals surface area (Å²) in [5, 5.41) is 5.67. The maximum atomic E-state index is 6.18. The van der Waals surface area contributed by atoms with E-state index in [1.54, 1.807) is 13.3 Å². The van der Waals surface area contributed by atoms with Crippen molar-refractivity contribution in [3.05, 3.63) is 77.2 Å². The topological polar surface area (TPSA) is 55.6 Å². The molecule has 0 amide bonds. The lowest BCUT2D eigenvalue weighted by Gasteiger charge is -2.33. The fourth-order valence-electron chi connectivity index (χ4n) is 4.44. The smallest absolute Gasteiger partial charge is 0.222 e. The maximum absolute atomic E-state index is 6.18. The fraction of sp³-hybridized carbons (Fsp3) is 0.292. The Kier molecular flexibility index (Phi) is 5.57. The zero-order chi connectivity index (χ0) is 21.2. The van der Waals surface area contributed by atoms with E-state index in [0.717, 1.165) is 54.4 Å². The third-order valence-corrected chi connectivity index (χ3v) is 6.08. The van der Waals surface area contributed by atoms with Crippen molar-refractivity contribution in [1.82, 2.24) is 24.5 Å². The molecule has 3 aromatic heterocycles. The highest BCUT2D eigenvalue weighted by molar-refractivity contribution is 6.30. The Hall–Kier alpha value is -2.96. The van der Waals surface area contributed by atoms with Gasteiger partial charge in [0.15, 0.2) is 5.65 Å². The molecule has 0 aliphatic carbocycles. The van der Waals surface area contributed by atoms with Gasteiger partial charge in [-0.2, -0.15) is 5.10 Å². The number of hydrogen-bond acceptors (Lipinski definition) is 5. The summed E-state index contributed by atoms with van der Waals surface area (Å²) in [4.78, 5) is 11.4. The number of piperidine rings is 1. The molecule has 0 bridgehead atoms. The Labute approximate surface area is 186 Å². The molecule has 158 valence electrons. The van der Waals surface area contributed by atoms with Crippen molar-refractivity contribution in [1.29, 1.82) is 0 Å². The molecule has 0 spiro atoms. The van der Waals surface area contributed by atoms with E-state index in [0.29, 0.717) is 11.8 Å². The Morgan fingerprint density at radius 2 is 2.03 bits per heavy atom. The molecule has 1 aliphatic rings. The first-order valence-corrected chi connectivity index (χ1v) is 10.9. The lowest BCUT2D eigenvalue weighted by Crippen LogP contribution is -2.34. The maximum Gasteiger partial charge on any atom is 0.222 e. The van der Waals surface area contributed by atoms with Crippen LogP contribution >= 0.6 is 11.6 Å². The van der Waals surface area contributed by atoms with Gasteiger partial charge >= 0.3 is 0 Å². The SMILES string of the molecule is COc1ncccc1-c1cc2nccc(C3CCCN(Cc4cccc(Cl)c4)C3)n2n1. The van der Waals surface area contributed by atoms with Crippen LogP contribution < -0.4 is 4.74 Å². The lowest BCUT2D eigenvalue weighted by molar-refractivity contribution is 0.197. The van der Waals surface area contributed by atoms with Gasteiger partial charge in [-0.1, -0.05) is 23.7 Å². The summed E-state index contributed by atoms with van der Waals surface area (Å²) in [6.07, 6.45) is 5.89. The summed E-state index contributed by atoms with van der Waals surface area (Å²) < 4.78 is 7.41. The molecular formula is C24H24ClN5O. The van der Waals surface area contributed by atoms with Crippen LogP contribution in [0.5, 0.6) is 5.88 Å². The van der Waals surface area contributed by atoms with E-state index in [1.165, 1.54) is 11.3 Å². The molecule has 31 heavy (non-hydrogen) atoms. The fourth-order valence-corrected chi connectivity index (χ4v) is 4.65. The predicted molar refractivity (Wildman–Crippen MR) is 121 cm³/mol. The van der Waals surface area contributed by atoms with Crippen LogP contribution in [0, 0.1) is 0 Å². The van der Waals surface area contributed by atoms with Gasteiger partial charge in [0.25, 0.3) is 0 Å². The molecule has 0 saturated carbocycles. The number of halogens is 1. The number of likely N-dealkylation sites (tertiary alicyclic amines) is 1. The number of hydrogen-bond donors (Lipinski definition) is 0. The zero-order valence-electron chi connectivity index (χ0n) is 17.4. The van der Waals surface area contributed by atoms with Crippen LogP contribution in [-0.2, 0) is 6.54 Å². The van der Waals surface area contributed by atoms with Gasteiger partial charge in [-0.05, 0) is 55.3 Å². The first-order chi connectivity index (χ1) is 15.2. The van der Waals surface area contributed by atoms with Gasteiger partial charge in [0.05, 0.1) is 18.4 Å². The van der Waals surface area contributed by atoms with Crippen molar-refractivity contribution in [3.8, 4) is 17.1 Å². The van der Waals surface area contributed by atoms with Gasteiger partial charge in [0.2, 0.25) is 5.88 Å². The average Bonchev–Trinajstić information content (AvgIpc) is 3.23. The molecule has 6 nitrogen and oxygen atoms in total. The molecule has 4 heterocycles. The van der Waals surface area contributed by atoms with Crippen LogP contribution in [0.2, 0.25) is 5.02 Å². The van der Waals surface area contributed by atoms with E-state index in [2.05, 4.69) is 33.1 Å². The van der Waals surface area contributed by atoms with E-state index in [1.807, 2.05) is 41.0 Å². The van der Waals surface area contributed by atoms with Crippen LogP contribution in [0.25, 0.3) is 16.9 Å². The van der Waals surface area contributed by atoms with Gasteiger partial charge in [0, 0.05) is 42.5 Å². The van der Waals surface area contributed by atoms with Crippen LogP contribution in [0.15, 0.2) is 60.9 Å². The molecule has 1 saturated heterocycles. The summed E-state index contributed by atoms with van der Waals surface area (Å²) in [6.45, 7) is 2.98. The van der Waals surface area contributed by atoms with E-state index in [4.69, 9.17) is 21.4 Å². The Morgan fingerprint density at radius 1 is 1.10 bits per heavy atom. The zero-order valence-corrected chi connectivity index (χ0v) is 18.2. The highest BCUT2D eigenvalue weighted by Gasteiger charge is 2.24. The number of pyridine rings is 1.